The van der Waals surface area contributed by atoms with Gasteiger partial charge in [0.1, 0.15) is 35.4 Å². The van der Waals surface area contributed by atoms with Crippen LogP contribution in [0.2, 0.25) is 0 Å². The first-order valence-electron chi connectivity index (χ1n) is 16.8. The summed E-state index contributed by atoms with van der Waals surface area (Å²) >= 11 is 0. The molecule has 14 heteroatoms. The van der Waals surface area contributed by atoms with Crippen LogP contribution in [0.4, 0.5) is 5.82 Å². The fourth-order valence-corrected chi connectivity index (χ4v) is 6.98. The number of pyridine rings is 1. The summed E-state index contributed by atoms with van der Waals surface area (Å²) in [5, 5.41) is 18.5. The fourth-order valence-electron chi connectivity index (χ4n) is 6.46. The molecule has 4 aromatic carbocycles. The van der Waals surface area contributed by atoms with E-state index in [0.29, 0.717) is 33.4 Å². The average molecular weight is 742 g/mol. The molecule has 0 aliphatic heterocycles. The van der Waals surface area contributed by atoms with Crippen LogP contribution < -0.4 is 11.4 Å². The van der Waals surface area contributed by atoms with E-state index in [2.05, 4.69) is 32.0 Å². The summed E-state index contributed by atoms with van der Waals surface area (Å²) in [5.41, 5.74) is 10.2. The van der Waals surface area contributed by atoms with Crippen molar-refractivity contribution in [2.75, 3.05) is 19.8 Å². The predicted molar refractivity (Wildman–Crippen MR) is 208 cm³/mol. The molecule has 4 N–H and O–H groups in total. The first-order chi connectivity index (χ1) is 25.9. The summed E-state index contributed by atoms with van der Waals surface area (Å²) in [5.74, 6) is 0.662. The van der Waals surface area contributed by atoms with Gasteiger partial charge in [0.05, 0.1) is 21.9 Å². The standard InChI is InChI=1S/C30H27N7O3.C10H8O3S/c1-17(37-29-25(28(31)33-16-34-29)26(35-37)20-12-21(38)14-32-13-20)27-24(19-8-6-7-18(11-19)15-36(2)3)22-9-4-5-10-23(22)30(39)40-27;11-14(12,13)10-6-5-8-3-1-2-4-9(8)7-10/h4-14,16-17,38H,15H2,1-3H3,(H2,31,33,34);1-7H,(H,11,12,13)/t17-;/m0./s1. The second-order valence-electron chi connectivity index (χ2n) is 13.0. The third kappa shape index (κ3) is 7.13. The Morgan fingerprint density at radius 1 is 0.870 bits per heavy atom. The monoisotopic (exact) mass is 741 g/mol. The molecule has 272 valence electrons. The molecule has 0 spiro atoms. The molecule has 0 unspecified atom stereocenters. The Balaban J connectivity index is 0.000000269. The maximum Gasteiger partial charge on any atom is 0.343 e. The number of aromatic hydroxyl groups is 1. The Labute approximate surface area is 309 Å². The van der Waals surface area contributed by atoms with Crippen molar-refractivity contribution in [1.82, 2.24) is 29.6 Å². The van der Waals surface area contributed by atoms with Crippen LogP contribution in [0, 0.1) is 0 Å². The highest BCUT2D eigenvalue weighted by Gasteiger charge is 2.27. The summed E-state index contributed by atoms with van der Waals surface area (Å²) in [6, 6.07) is 28.5. The summed E-state index contributed by atoms with van der Waals surface area (Å²) in [6.45, 7) is 2.66. The highest BCUT2D eigenvalue weighted by Crippen LogP contribution is 2.39. The molecule has 0 amide bonds. The maximum absolute atomic E-state index is 13.2. The van der Waals surface area contributed by atoms with Crippen molar-refractivity contribution < 1.29 is 22.5 Å². The van der Waals surface area contributed by atoms with Crippen molar-refractivity contribution in [2.24, 2.45) is 0 Å². The number of anilines is 1. The minimum Gasteiger partial charge on any atom is -0.506 e. The Morgan fingerprint density at radius 3 is 2.35 bits per heavy atom. The Hall–Kier alpha value is -6.48. The minimum atomic E-state index is -4.09. The van der Waals surface area contributed by atoms with Crippen LogP contribution in [0.1, 0.15) is 24.3 Å². The molecule has 54 heavy (non-hydrogen) atoms. The molecule has 8 rings (SSSR count). The SMILES string of the molecule is C[C@@H](c1oc(=O)c2ccccc2c1-c1cccc(CN(C)C)c1)n1nc(-c2cncc(O)c2)c2c(N)ncnc21.O=S(=O)(O)c1ccc2ccccc2c1. The van der Waals surface area contributed by atoms with E-state index >= 15 is 0 Å². The van der Waals surface area contributed by atoms with Gasteiger partial charge in [-0.2, -0.15) is 13.5 Å². The summed E-state index contributed by atoms with van der Waals surface area (Å²) < 4.78 is 38.2. The molecule has 1 atom stereocenters. The van der Waals surface area contributed by atoms with Crippen molar-refractivity contribution in [1.29, 1.82) is 0 Å². The van der Waals surface area contributed by atoms with Gasteiger partial charge in [0.25, 0.3) is 10.1 Å². The lowest BCUT2D eigenvalue weighted by Crippen LogP contribution is -2.15. The third-order valence-corrected chi connectivity index (χ3v) is 9.71. The zero-order chi connectivity index (χ0) is 38.1. The van der Waals surface area contributed by atoms with E-state index in [0.717, 1.165) is 39.4 Å². The van der Waals surface area contributed by atoms with E-state index in [9.17, 15) is 18.3 Å². The second-order valence-corrected chi connectivity index (χ2v) is 14.4. The number of fused-ring (bicyclic) bond motifs is 3. The molecule has 0 saturated heterocycles. The molecule has 0 radical (unpaired) electrons. The van der Waals surface area contributed by atoms with Crippen molar-refractivity contribution in [2.45, 2.75) is 24.4 Å². The summed E-state index contributed by atoms with van der Waals surface area (Å²) in [7, 11) is -0.0524. The molecule has 13 nitrogen and oxygen atoms in total. The van der Waals surface area contributed by atoms with Crippen molar-refractivity contribution >= 4 is 48.5 Å². The van der Waals surface area contributed by atoms with Gasteiger partial charge >= 0.3 is 5.63 Å². The lowest BCUT2D eigenvalue weighted by atomic mass is 9.94. The Morgan fingerprint density at radius 2 is 1.61 bits per heavy atom. The largest absolute Gasteiger partial charge is 0.506 e. The quantitative estimate of drug-likeness (QED) is 0.147. The highest BCUT2D eigenvalue weighted by molar-refractivity contribution is 7.85. The molecule has 0 aliphatic rings. The normalized spacial score (nSPS) is 12.2. The number of aromatic nitrogens is 5. The first-order valence-corrected chi connectivity index (χ1v) is 18.2. The molecule has 0 saturated carbocycles. The van der Waals surface area contributed by atoms with Crippen LogP contribution in [-0.4, -0.2) is 61.8 Å². The van der Waals surface area contributed by atoms with Gasteiger partial charge in [-0.15, -0.1) is 0 Å². The Kier molecular flexibility index (Phi) is 9.64. The molecule has 4 heterocycles. The lowest BCUT2D eigenvalue weighted by molar-refractivity contribution is 0.402. The van der Waals surface area contributed by atoms with Gasteiger partial charge in [-0.25, -0.2) is 19.4 Å². The van der Waals surface area contributed by atoms with Gasteiger partial charge in [0, 0.05) is 29.3 Å². The highest BCUT2D eigenvalue weighted by atomic mass is 32.2. The van der Waals surface area contributed by atoms with Gasteiger partial charge in [-0.3, -0.25) is 9.54 Å². The number of nitrogens with zero attached hydrogens (tertiary/aromatic N) is 6. The van der Waals surface area contributed by atoms with Gasteiger partial charge in [0.15, 0.2) is 5.65 Å². The van der Waals surface area contributed by atoms with Crippen LogP contribution in [0.15, 0.2) is 130 Å². The molecule has 8 aromatic rings. The second kappa shape index (κ2) is 14.5. The van der Waals surface area contributed by atoms with E-state index in [1.54, 1.807) is 35.1 Å². The van der Waals surface area contributed by atoms with Gasteiger partial charge < -0.3 is 20.2 Å². The van der Waals surface area contributed by atoms with E-state index < -0.39 is 21.8 Å². The topological polar surface area (TPSA) is 191 Å². The van der Waals surface area contributed by atoms with E-state index in [4.69, 9.17) is 19.8 Å². The van der Waals surface area contributed by atoms with Gasteiger partial charge in [-0.05, 0) is 73.3 Å². The summed E-state index contributed by atoms with van der Waals surface area (Å²) in [4.78, 5) is 28.0. The van der Waals surface area contributed by atoms with Crippen LogP contribution in [-0.2, 0) is 16.7 Å². The molecular formula is C40H35N7O6S. The van der Waals surface area contributed by atoms with Crippen LogP contribution in [0.5, 0.6) is 5.75 Å². The molecular weight excluding hydrogens is 707 g/mol. The summed E-state index contributed by atoms with van der Waals surface area (Å²) in [6.07, 6.45) is 4.29. The first kappa shape index (κ1) is 35.9. The number of nitrogens with two attached hydrogens (primary N) is 1. The van der Waals surface area contributed by atoms with Gasteiger partial charge in [-0.1, -0.05) is 66.7 Å². The van der Waals surface area contributed by atoms with Crippen LogP contribution in [0.25, 0.3) is 55.0 Å². The zero-order valence-electron chi connectivity index (χ0n) is 29.5. The van der Waals surface area contributed by atoms with Crippen LogP contribution >= 0.6 is 0 Å². The zero-order valence-corrected chi connectivity index (χ0v) is 30.3. The number of rotatable bonds is 7. The van der Waals surface area contributed by atoms with Gasteiger partial charge in [0.2, 0.25) is 0 Å². The molecule has 0 fully saturated rings. The molecule has 0 bridgehead atoms. The number of benzene rings is 4. The molecule has 0 aliphatic carbocycles. The minimum absolute atomic E-state index is 0.0101. The number of hydrogen-bond donors (Lipinski definition) is 3. The van der Waals surface area contributed by atoms with Crippen molar-refractivity contribution in [3.05, 3.63) is 138 Å². The van der Waals surface area contributed by atoms with E-state index in [1.807, 2.05) is 69.6 Å². The molecule has 4 aromatic heterocycles. The van der Waals surface area contributed by atoms with E-state index in [1.165, 1.54) is 24.7 Å². The Bertz CT molecular complexity index is 2850. The lowest BCUT2D eigenvalue weighted by Gasteiger charge is -2.19. The van der Waals surface area contributed by atoms with E-state index in [-0.39, 0.29) is 16.5 Å². The average Bonchev–Trinajstić information content (AvgIpc) is 3.55. The fraction of sp³-hybridized carbons (Fsp3) is 0.125. The predicted octanol–water partition coefficient (Wildman–Crippen LogP) is 6.71. The van der Waals surface area contributed by atoms with Crippen molar-refractivity contribution in [3.63, 3.8) is 0 Å². The third-order valence-electron chi connectivity index (χ3n) is 8.86. The van der Waals surface area contributed by atoms with Crippen LogP contribution in [0.3, 0.4) is 0 Å². The number of nitrogen functional groups attached to an aromatic ring is 1. The number of hydrogen-bond acceptors (Lipinski definition) is 11. The smallest absolute Gasteiger partial charge is 0.343 e. The maximum atomic E-state index is 13.2. The van der Waals surface area contributed by atoms with Crippen molar-refractivity contribution in [3.8, 4) is 28.1 Å².